The van der Waals surface area contributed by atoms with E-state index in [0.717, 1.165) is 25.7 Å². The highest BCUT2D eigenvalue weighted by molar-refractivity contribution is 5.76. The van der Waals surface area contributed by atoms with E-state index in [1.165, 1.54) is 6.42 Å². The molecular weight excluding hydrogens is 244 g/mol. The monoisotopic (exact) mass is 270 g/mol. The zero-order chi connectivity index (χ0) is 14.3. The Balaban J connectivity index is 2.35. The number of aliphatic carboxylic acids is 1. The van der Waals surface area contributed by atoms with Crippen LogP contribution in [-0.4, -0.2) is 29.2 Å². The average molecular weight is 270 g/mol. The van der Waals surface area contributed by atoms with Gasteiger partial charge < -0.3 is 15.7 Å². The molecule has 110 valence electrons. The first-order chi connectivity index (χ1) is 9.05. The first-order valence-corrected chi connectivity index (χ1v) is 7.33. The van der Waals surface area contributed by atoms with Crippen molar-refractivity contribution in [3.63, 3.8) is 0 Å². The van der Waals surface area contributed by atoms with Gasteiger partial charge in [0.2, 0.25) is 0 Å². The van der Waals surface area contributed by atoms with Gasteiger partial charge in [0, 0.05) is 12.1 Å². The Hall–Kier alpha value is -1.26. The van der Waals surface area contributed by atoms with Gasteiger partial charge in [0.05, 0.1) is 6.42 Å². The zero-order valence-corrected chi connectivity index (χ0v) is 11.9. The van der Waals surface area contributed by atoms with Crippen molar-refractivity contribution in [3.05, 3.63) is 0 Å². The van der Waals surface area contributed by atoms with Crippen LogP contribution in [0.1, 0.15) is 58.8 Å². The van der Waals surface area contributed by atoms with E-state index >= 15 is 0 Å². The Morgan fingerprint density at radius 2 is 2.05 bits per heavy atom. The van der Waals surface area contributed by atoms with Crippen LogP contribution in [0.5, 0.6) is 0 Å². The molecule has 1 saturated carbocycles. The van der Waals surface area contributed by atoms with Crippen molar-refractivity contribution in [2.45, 2.75) is 70.9 Å². The Morgan fingerprint density at radius 1 is 1.32 bits per heavy atom. The summed E-state index contributed by atoms with van der Waals surface area (Å²) in [5.74, 6) is -0.170. The summed E-state index contributed by atoms with van der Waals surface area (Å²) in [6, 6.07) is -0.279. The van der Waals surface area contributed by atoms with Gasteiger partial charge in [-0.2, -0.15) is 0 Å². The second kappa shape index (κ2) is 8.02. The smallest absolute Gasteiger partial charge is 0.315 e. The molecule has 3 unspecified atom stereocenters. The third-order valence-corrected chi connectivity index (χ3v) is 3.94. The van der Waals surface area contributed by atoms with E-state index in [4.69, 9.17) is 5.11 Å². The van der Waals surface area contributed by atoms with Gasteiger partial charge in [0.15, 0.2) is 0 Å². The summed E-state index contributed by atoms with van der Waals surface area (Å²) in [7, 11) is 0. The number of carbonyl (C=O) groups is 2. The number of rotatable bonds is 6. The highest BCUT2D eigenvalue weighted by Crippen LogP contribution is 2.26. The summed E-state index contributed by atoms with van der Waals surface area (Å²) in [6.07, 6.45) is 6.26. The number of nitrogens with one attached hydrogen (secondary N) is 2. The van der Waals surface area contributed by atoms with Crippen LogP contribution in [0.2, 0.25) is 0 Å². The number of carboxylic acids is 1. The fraction of sp³-hybridized carbons (Fsp3) is 0.857. The number of carboxylic acid groups (broad SMARTS) is 1. The normalized spacial score (nSPS) is 24.5. The van der Waals surface area contributed by atoms with Crippen LogP contribution in [0.25, 0.3) is 0 Å². The van der Waals surface area contributed by atoms with E-state index in [2.05, 4.69) is 17.6 Å². The second-order valence-corrected chi connectivity index (χ2v) is 5.46. The van der Waals surface area contributed by atoms with Gasteiger partial charge in [-0.15, -0.1) is 0 Å². The number of urea groups is 1. The summed E-state index contributed by atoms with van der Waals surface area (Å²) < 4.78 is 0. The number of hydrogen-bond donors (Lipinski definition) is 3. The summed E-state index contributed by atoms with van der Waals surface area (Å²) in [5, 5.41) is 14.5. The van der Waals surface area contributed by atoms with Gasteiger partial charge in [-0.1, -0.05) is 33.1 Å². The van der Waals surface area contributed by atoms with Gasteiger partial charge in [-0.05, 0) is 25.2 Å². The molecule has 0 heterocycles. The molecule has 1 rings (SSSR count). The van der Waals surface area contributed by atoms with E-state index in [1.807, 2.05) is 6.92 Å². The molecule has 0 saturated heterocycles. The van der Waals surface area contributed by atoms with Crippen LogP contribution in [0, 0.1) is 5.92 Å². The molecule has 3 atom stereocenters. The predicted molar refractivity (Wildman–Crippen MR) is 74.0 cm³/mol. The van der Waals surface area contributed by atoms with Gasteiger partial charge in [-0.3, -0.25) is 4.79 Å². The van der Waals surface area contributed by atoms with E-state index < -0.39 is 5.97 Å². The highest BCUT2D eigenvalue weighted by atomic mass is 16.4. The van der Waals surface area contributed by atoms with Crippen molar-refractivity contribution in [1.82, 2.24) is 10.6 Å². The summed E-state index contributed by atoms with van der Waals surface area (Å²) in [6.45, 7) is 4.06. The average Bonchev–Trinajstić information content (AvgIpc) is 2.37. The molecule has 1 aliphatic rings. The molecule has 5 nitrogen and oxygen atoms in total. The quantitative estimate of drug-likeness (QED) is 0.694. The van der Waals surface area contributed by atoms with Crippen LogP contribution in [0.4, 0.5) is 4.79 Å². The lowest BCUT2D eigenvalue weighted by atomic mass is 9.84. The molecule has 3 N–H and O–H groups in total. The van der Waals surface area contributed by atoms with Gasteiger partial charge in [0.1, 0.15) is 0 Å². The maximum absolute atomic E-state index is 11.8. The maximum atomic E-state index is 11.8. The van der Waals surface area contributed by atoms with E-state index in [9.17, 15) is 9.59 Å². The minimum atomic E-state index is -0.879. The van der Waals surface area contributed by atoms with Crippen LogP contribution in [0.15, 0.2) is 0 Å². The van der Waals surface area contributed by atoms with Crippen molar-refractivity contribution in [1.29, 1.82) is 0 Å². The molecule has 19 heavy (non-hydrogen) atoms. The van der Waals surface area contributed by atoms with Gasteiger partial charge in [0.25, 0.3) is 0 Å². The third-order valence-electron chi connectivity index (χ3n) is 3.94. The summed E-state index contributed by atoms with van der Waals surface area (Å²) in [5.41, 5.74) is 0. The molecule has 0 aromatic heterocycles. The lowest BCUT2D eigenvalue weighted by Gasteiger charge is -2.29. The van der Waals surface area contributed by atoms with Crippen LogP contribution in [0.3, 0.4) is 0 Å². The molecule has 1 fully saturated rings. The molecule has 0 bridgehead atoms. The molecule has 1 aliphatic carbocycles. The summed E-state index contributed by atoms with van der Waals surface area (Å²) in [4.78, 5) is 22.5. The topological polar surface area (TPSA) is 78.4 Å². The first-order valence-electron chi connectivity index (χ1n) is 7.33. The Labute approximate surface area is 115 Å². The van der Waals surface area contributed by atoms with Crippen molar-refractivity contribution >= 4 is 12.0 Å². The van der Waals surface area contributed by atoms with Crippen molar-refractivity contribution in [3.8, 4) is 0 Å². The van der Waals surface area contributed by atoms with Crippen LogP contribution in [-0.2, 0) is 4.79 Å². The van der Waals surface area contributed by atoms with Crippen molar-refractivity contribution in [2.75, 3.05) is 0 Å². The fourth-order valence-corrected chi connectivity index (χ4v) is 2.71. The fourth-order valence-electron chi connectivity index (χ4n) is 2.71. The number of carbonyl (C=O) groups excluding carboxylic acids is 1. The Morgan fingerprint density at radius 3 is 2.63 bits per heavy atom. The van der Waals surface area contributed by atoms with Gasteiger partial charge in [-0.25, -0.2) is 4.79 Å². The highest BCUT2D eigenvalue weighted by Gasteiger charge is 2.23. The third kappa shape index (κ3) is 5.94. The lowest BCUT2D eigenvalue weighted by Crippen LogP contribution is -2.47. The molecule has 0 aliphatic heterocycles. The molecular formula is C14H26N2O3. The van der Waals surface area contributed by atoms with Crippen molar-refractivity contribution < 1.29 is 14.7 Å². The molecule has 0 spiro atoms. The van der Waals surface area contributed by atoms with Crippen molar-refractivity contribution in [2.24, 2.45) is 5.92 Å². The van der Waals surface area contributed by atoms with E-state index in [1.54, 1.807) is 0 Å². The number of hydrogen-bond acceptors (Lipinski definition) is 2. The Bertz CT molecular complexity index is 307. The van der Waals surface area contributed by atoms with Gasteiger partial charge >= 0.3 is 12.0 Å². The lowest BCUT2D eigenvalue weighted by molar-refractivity contribution is -0.137. The SMILES string of the molecule is CCC1CCCC(NC(=O)NC(CC)CC(=O)O)C1. The standard InChI is InChI=1S/C14H26N2O3/c1-3-10-6-5-7-12(8-10)16-14(19)15-11(4-2)9-13(17)18/h10-12H,3-9H2,1-2H3,(H,17,18)(H2,15,16,19). The van der Waals surface area contributed by atoms with E-state index in [0.29, 0.717) is 12.3 Å². The molecule has 2 amide bonds. The van der Waals surface area contributed by atoms with E-state index in [-0.39, 0.29) is 24.5 Å². The maximum Gasteiger partial charge on any atom is 0.315 e. The minimum Gasteiger partial charge on any atom is -0.481 e. The molecule has 0 aromatic rings. The predicted octanol–water partition coefficient (Wildman–Crippen LogP) is 2.51. The van der Waals surface area contributed by atoms with Crippen LogP contribution < -0.4 is 10.6 Å². The molecule has 0 aromatic carbocycles. The molecule has 5 heteroatoms. The Kier molecular flexibility index (Phi) is 6.67. The summed E-state index contributed by atoms with van der Waals surface area (Å²) >= 11 is 0. The number of amides is 2. The minimum absolute atomic E-state index is 0.0217. The first kappa shape index (κ1) is 15.8. The largest absolute Gasteiger partial charge is 0.481 e. The molecule has 0 radical (unpaired) electrons. The van der Waals surface area contributed by atoms with Crippen LogP contribution >= 0.6 is 0 Å². The second-order valence-electron chi connectivity index (χ2n) is 5.46. The zero-order valence-electron chi connectivity index (χ0n) is 11.9.